The second kappa shape index (κ2) is 5.61. The zero-order valence-corrected chi connectivity index (χ0v) is 9.77. The van der Waals surface area contributed by atoms with Crippen molar-refractivity contribution in [2.45, 2.75) is 39.2 Å². The normalized spacial score (nSPS) is 12.4. The second-order valence-corrected chi connectivity index (χ2v) is 4.05. The van der Waals surface area contributed by atoms with Crippen LogP contribution in [0, 0.1) is 17.0 Å². The Bertz CT molecular complexity index is 377. The highest BCUT2D eigenvalue weighted by atomic mass is 16.6. The highest BCUT2D eigenvalue weighted by Gasteiger charge is 2.14. The molecule has 0 saturated heterocycles. The summed E-state index contributed by atoms with van der Waals surface area (Å²) in [7, 11) is 0. The number of unbranched alkanes of at least 4 members (excludes halogenated alkanes) is 1. The lowest BCUT2D eigenvalue weighted by atomic mass is 10.00. The zero-order valence-electron chi connectivity index (χ0n) is 9.77. The maximum atomic E-state index is 10.8. The number of benzene rings is 1. The lowest BCUT2D eigenvalue weighted by molar-refractivity contribution is -0.385. The lowest BCUT2D eigenvalue weighted by Crippen LogP contribution is -2.10. The van der Waals surface area contributed by atoms with Gasteiger partial charge in [0.1, 0.15) is 0 Å². The molecule has 0 aromatic heterocycles. The number of hydrogen-bond acceptors (Lipinski definition) is 3. The van der Waals surface area contributed by atoms with Crippen molar-refractivity contribution in [3.63, 3.8) is 0 Å². The van der Waals surface area contributed by atoms with Crippen LogP contribution in [0.5, 0.6) is 0 Å². The van der Waals surface area contributed by atoms with E-state index in [1.165, 1.54) is 0 Å². The van der Waals surface area contributed by atoms with Crippen molar-refractivity contribution >= 4 is 5.69 Å². The number of nitro groups is 1. The molecule has 1 aromatic rings. The van der Waals surface area contributed by atoms with Crippen LogP contribution in [-0.4, -0.2) is 4.92 Å². The number of nitro benzene ring substituents is 1. The highest BCUT2D eigenvalue weighted by molar-refractivity contribution is 5.43. The molecule has 0 spiro atoms. The molecule has 0 heterocycles. The Hall–Kier alpha value is -1.42. The first kappa shape index (κ1) is 12.6. The van der Waals surface area contributed by atoms with Crippen molar-refractivity contribution in [2.24, 2.45) is 5.73 Å². The van der Waals surface area contributed by atoms with Crippen LogP contribution in [0.25, 0.3) is 0 Å². The molecule has 88 valence electrons. The monoisotopic (exact) mass is 222 g/mol. The number of hydrogen-bond donors (Lipinski definition) is 1. The van der Waals surface area contributed by atoms with Crippen LogP contribution in [0.1, 0.15) is 43.4 Å². The molecule has 0 radical (unpaired) electrons. The first-order valence-electron chi connectivity index (χ1n) is 5.56. The Morgan fingerprint density at radius 2 is 2.19 bits per heavy atom. The third-order valence-corrected chi connectivity index (χ3v) is 2.73. The third kappa shape index (κ3) is 3.03. The van der Waals surface area contributed by atoms with Crippen LogP contribution in [0.4, 0.5) is 5.69 Å². The summed E-state index contributed by atoms with van der Waals surface area (Å²) < 4.78 is 0. The van der Waals surface area contributed by atoms with E-state index < -0.39 is 0 Å². The van der Waals surface area contributed by atoms with Gasteiger partial charge < -0.3 is 5.73 Å². The Morgan fingerprint density at radius 3 is 2.75 bits per heavy atom. The van der Waals surface area contributed by atoms with Gasteiger partial charge in [0, 0.05) is 17.7 Å². The summed E-state index contributed by atoms with van der Waals surface area (Å²) in [6.45, 7) is 3.84. The predicted molar refractivity (Wildman–Crippen MR) is 64.3 cm³/mol. The molecular formula is C12H18N2O2. The Kier molecular flexibility index (Phi) is 4.43. The van der Waals surface area contributed by atoms with Gasteiger partial charge in [-0.2, -0.15) is 0 Å². The van der Waals surface area contributed by atoms with Crippen LogP contribution in [0.3, 0.4) is 0 Å². The van der Waals surface area contributed by atoms with E-state index in [0.29, 0.717) is 5.56 Å². The van der Waals surface area contributed by atoms with Crippen molar-refractivity contribution < 1.29 is 4.92 Å². The van der Waals surface area contributed by atoms with Gasteiger partial charge in [-0.1, -0.05) is 31.9 Å². The molecule has 0 amide bonds. The van der Waals surface area contributed by atoms with E-state index in [2.05, 4.69) is 6.92 Å². The lowest BCUT2D eigenvalue weighted by Gasteiger charge is -2.11. The van der Waals surface area contributed by atoms with Crippen LogP contribution in [0.15, 0.2) is 18.2 Å². The van der Waals surface area contributed by atoms with E-state index in [-0.39, 0.29) is 16.7 Å². The highest BCUT2D eigenvalue weighted by Crippen LogP contribution is 2.24. The number of nitrogens with two attached hydrogens (primary N) is 1. The average Bonchev–Trinajstić information content (AvgIpc) is 2.26. The molecule has 2 N–H and O–H groups in total. The number of rotatable bonds is 5. The Balaban J connectivity index is 2.89. The Morgan fingerprint density at radius 1 is 1.50 bits per heavy atom. The van der Waals surface area contributed by atoms with Gasteiger partial charge in [-0.15, -0.1) is 0 Å². The molecule has 1 rings (SSSR count). The van der Waals surface area contributed by atoms with Gasteiger partial charge in [0.05, 0.1) is 4.92 Å². The van der Waals surface area contributed by atoms with E-state index in [1.54, 1.807) is 19.1 Å². The fourth-order valence-corrected chi connectivity index (χ4v) is 1.64. The zero-order chi connectivity index (χ0) is 12.1. The quantitative estimate of drug-likeness (QED) is 0.614. The summed E-state index contributed by atoms with van der Waals surface area (Å²) in [5.41, 5.74) is 7.66. The van der Waals surface area contributed by atoms with Crippen LogP contribution in [0.2, 0.25) is 0 Å². The molecule has 0 unspecified atom stereocenters. The standard InChI is InChI=1S/C12H18N2O2/c1-3-4-5-11(13)10-7-6-9(2)12(8-10)14(15)16/h6-8,11H,3-5,13H2,1-2H3/t11-/m0/s1. The van der Waals surface area contributed by atoms with E-state index in [4.69, 9.17) is 5.73 Å². The molecule has 0 bridgehead atoms. The van der Waals surface area contributed by atoms with Gasteiger partial charge >= 0.3 is 0 Å². The molecule has 16 heavy (non-hydrogen) atoms. The van der Waals surface area contributed by atoms with Gasteiger partial charge in [-0.05, 0) is 18.9 Å². The van der Waals surface area contributed by atoms with E-state index in [1.807, 2.05) is 6.07 Å². The fourth-order valence-electron chi connectivity index (χ4n) is 1.64. The van der Waals surface area contributed by atoms with Gasteiger partial charge in [-0.3, -0.25) is 10.1 Å². The maximum Gasteiger partial charge on any atom is 0.272 e. The van der Waals surface area contributed by atoms with E-state index in [0.717, 1.165) is 24.8 Å². The number of nitrogens with zero attached hydrogens (tertiary/aromatic N) is 1. The van der Waals surface area contributed by atoms with E-state index in [9.17, 15) is 10.1 Å². The van der Waals surface area contributed by atoms with Crippen LogP contribution < -0.4 is 5.73 Å². The van der Waals surface area contributed by atoms with Crippen molar-refractivity contribution in [3.05, 3.63) is 39.4 Å². The third-order valence-electron chi connectivity index (χ3n) is 2.73. The van der Waals surface area contributed by atoms with Crippen molar-refractivity contribution in [3.8, 4) is 0 Å². The topological polar surface area (TPSA) is 69.2 Å². The van der Waals surface area contributed by atoms with Gasteiger partial charge in [0.25, 0.3) is 5.69 Å². The maximum absolute atomic E-state index is 10.8. The summed E-state index contributed by atoms with van der Waals surface area (Å²) >= 11 is 0. The summed E-state index contributed by atoms with van der Waals surface area (Å²) in [4.78, 5) is 10.4. The van der Waals surface area contributed by atoms with Crippen LogP contribution in [-0.2, 0) is 0 Å². The van der Waals surface area contributed by atoms with Gasteiger partial charge in [-0.25, -0.2) is 0 Å². The number of aryl methyl sites for hydroxylation is 1. The molecule has 1 aromatic carbocycles. The van der Waals surface area contributed by atoms with Crippen molar-refractivity contribution in [2.75, 3.05) is 0 Å². The molecule has 4 nitrogen and oxygen atoms in total. The molecule has 0 aliphatic rings. The largest absolute Gasteiger partial charge is 0.324 e. The van der Waals surface area contributed by atoms with Crippen molar-refractivity contribution in [1.29, 1.82) is 0 Å². The average molecular weight is 222 g/mol. The molecular weight excluding hydrogens is 204 g/mol. The fraction of sp³-hybridized carbons (Fsp3) is 0.500. The molecule has 0 saturated carbocycles. The molecule has 0 fully saturated rings. The van der Waals surface area contributed by atoms with E-state index >= 15 is 0 Å². The minimum Gasteiger partial charge on any atom is -0.324 e. The first-order valence-corrected chi connectivity index (χ1v) is 5.56. The molecule has 0 aliphatic heterocycles. The predicted octanol–water partition coefficient (Wildman–Crippen LogP) is 3.09. The van der Waals surface area contributed by atoms with Crippen molar-refractivity contribution in [1.82, 2.24) is 0 Å². The Labute approximate surface area is 95.6 Å². The SMILES string of the molecule is CCCC[C@H](N)c1ccc(C)c([N+](=O)[O-])c1. The smallest absolute Gasteiger partial charge is 0.272 e. The molecule has 4 heteroatoms. The second-order valence-electron chi connectivity index (χ2n) is 4.05. The summed E-state index contributed by atoms with van der Waals surface area (Å²) in [5, 5.41) is 10.8. The minimum absolute atomic E-state index is 0.0979. The summed E-state index contributed by atoms with van der Waals surface area (Å²) in [5.74, 6) is 0. The first-order chi connectivity index (χ1) is 7.56. The van der Waals surface area contributed by atoms with Crippen LogP contribution >= 0.6 is 0 Å². The van der Waals surface area contributed by atoms with Gasteiger partial charge in [0.15, 0.2) is 0 Å². The summed E-state index contributed by atoms with van der Waals surface area (Å²) in [6, 6.07) is 5.14. The summed E-state index contributed by atoms with van der Waals surface area (Å²) in [6.07, 6.45) is 3.00. The molecule has 0 aliphatic carbocycles. The van der Waals surface area contributed by atoms with Gasteiger partial charge in [0.2, 0.25) is 0 Å². The minimum atomic E-state index is -0.356. The molecule has 1 atom stereocenters.